The van der Waals surface area contributed by atoms with Crippen LogP contribution in [0.25, 0.3) is 14.5 Å². The van der Waals surface area contributed by atoms with Crippen molar-refractivity contribution in [2.24, 2.45) is 0 Å². The van der Waals surface area contributed by atoms with Gasteiger partial charge in [0, 0.05) is 92.3 Å². The van der Waals surface area contributed by atoms with E-state index >= 15 is 4.39 Å². The molecule has 550 valence electrons. The van der Waals surface area contributed by atoms with Crippen LogP contribution in [0.4, 0.5) is 8.78 Å². The molecule has 4 fully saturated rings. The fourth-order valence-electron chi connectivity index (χ4n) is 9.99. The number of aliphatic hydroxyl groups is 3. The summed E-state index contributed by atoms with van der Waals surface area (Å²) in [5.41, 5.74) is -6.19. The normalized spacial score (nSPS) is 28.4. The smallest absolute Gasteiger partial charge is 0.330 e. The number of aromatic amines is 4. The molecule has 8 rings (SSSR count). The predicted molar refractivity (Wildman–Crippen MR) is 352 cm³/mol. The van der Waals surface area contributed by atoms with Crippen molar-refractivity contribution >= 4 is 45.6 Å². The summed E-state index contributed by atoms with van der Waals surface area (Å²) in [5.74, 6) is 0. The van der Waals surface area contributed by atoms with E-state index in [1.165, 1.54) is 40.8 Å². The molecule has 7 N–H and O–H groups in total. The highest BCUT2D eigenvalue weighted by atomic mass is 32.5. The van der Waals surface area contributed by atoms with Crippen LogP contribution in [0.1, 0.15) is 69.1 Å². The molecule has 44 heteroatoms. The Morgan fingerprint density at radius 1 is 0.596 bits per heavy atom. The number of methoxy groups -OCH3 is 2. The molecule has 0 saturated carbocycles. The number of ether oxygens (including phenoxy) is 6. The third kappa shape index (κ3) is 21.8. The largest absolute Gasteiger partial charge is 0.400 e. The first-order chi connectivity index (χ1) is 49.0. The van der Waals surface area contributed by atoms with Gasteiger partial charge in [-0.1, -0.05) is 0 Å². The fourth-order valence-corrected chi connectivity index (χ4v) is 15.9. The van der Waals surface area contributed by atoms with Crippen molar-refractivity contribution in [3.8, 4) is 0 Å². The highest BCUT2D eigenvalue weighted by molar-refractivity contribution is 8.07. The summed E-state index contributed by atoms with van der Waals surface area (Å²) < 4.78 is 147. The van der Waals surface area contributed by atoms with Crippen LogP contribution in [0, 0.1) is 19.7 Å². The van der Waals surface area contributed by atoms with Crippen molar-refractivity contribution in [1.82, 2.24) is 42.9 Å². The minimum atomic E-state index is -3.99. The molecular formula is C55H79F2N12O25P3S2. The highest BCUT2D eigenvalue weighted by Crippen LogP contribution is 2.57. The summed E-state index contributed by atoms with van der Waals surface area (Å²) in [6.07, 6.45) is -17.6. The molecule has 4 aliphatic heterocycles. The summed E-state index contributed by atoms with van der Waals surface area (Å²) >= 11 is 11.3. The average Bonchev–Trinajstić information content (AvgIpc) is 1.66. The van der Waals surface area contributed by atoms with Crippen LogP contribution in [0.5, 0.6) is 0 Å². The minimum Gasteiger partial charge on any atom is -0.400 e. The minimum absolute atomic E-state index is 0.0149. The number of halogens is 2. The van der Waals surface area contributed by atoms with E-state index < -0.39 is 185 Å². The molecule has 37 nitrogen and oxygen atoms in total. The Hall–Kier alpha value is -5.94. The Morgan fingerprint density at radius 2 is 0.949 bits per heavy atom. The lowest BCUT2D eigenvalue weighted by Gasteiger charge is -2.37. The van der Waals surface area contributed by atoms with Crippen molar-refractivity contribution in [2.75, 3.05) is 81.1 Å². The van der Waals surface area contributed by atoms with E-state index in [1.807, 2.05) is 37.3 Å². The number of H-pyrrole nitrogens is 4. The van der Waals surface area contributed by atoms with Crippen LogP contribution < -0.4 is 45.0 Å². The molecule has 4 aromatic heterocycles. The first-order valence-corrected chi connectivity index (χ1v) is 35.8. The second-order valence-electron chi connectivity index (χ2n) is 21.3. The van der Waals surface area contributed by atoms with Gasteiger partial charge in [0.05, 0.1) is 25.4 Å². The molecule has 0 amide bonds. The van der Waals surface area contributed by atoms with Crippen LogP contribution in [-0.4, -0.2) is 228 Å². The van der Waals surface area contributed by atoms with E-state index in [1.54, 1.807) is 0 Å². The third-order valence-corrected chi connectivity index (χ3v) is 21.1. The standard InChI is InChI=1S/C31H44FN7O12P2S.C22H27FN5O11PS.2CH4O/c1-18(2)39(19(3)4)52(45-15-11-33-6)50-26-21(49-28(24(26)32)37-13-9-22(40)35-30(37)42)17-47-53(54,46-16-12-34-7)51-25-20(5)48-29(27(25)44-8)38-14-10-23(41)36-31(38)43;1-11-17(18(34-3)20(37-11)28-8-5-14(30)26-22(28)33)39-40(41,35-9-6-24-2)36-10-12-16(31)15(23)19(38-12)27-7-4-13(29)25-21(27)32;2*1-2/h9-10,13-14,18-21,24-29H,11-12,15-17H2,1-5,8H3,(H,35,40,42)(H,36,41,43);4-5,7-8,11-12,15-20,31H,6,9-10H2,1,3H3,(H,25,29,32)(H,26,30,33);2*2H,1H3/t20-,21-,24+,25?,26?,27+,28-,29-,52?,53?;11-,12-,15+,16?,17?,18+,19-,20-,40?;;/m11../s1/i5D;1D;2*2T. The van der Waals surface area contributed by atoms with Crippen molar-refractivity contribution in [3.63, 3.8) is 0 Å². The van der Waals surface area contributed by atoms with Crippen molar-refractivity contribution in [1.29, 1.82) is 2.86 Å². The molecule has 4 aromatic rings. The lowest BCUT2D eigenvalue weighted by molar-refractivity contribution is -0.0560. The number of rotatable bonds is 30. The van der Waals surface area contributed by atoms with Crippen LogP contribution in [0.2, 0.25) is 0 Å². The zero-order chi connectivity index (χ0) is 76.5. The van der Waals surface area contributed by atoms with E-state index in [2.05, 4.69) is 39.7 Å². The molecule has 4 saturated heterocycles. The van der Waals surface area contributed by atoms with Gasteiger partial charge in [-0.2, -0.15) is 0 Å². The molecule has 99 heavy (non-hydrogen) atoms. The summed E-state index contributed by atoms with van der Waals surface area (Å²) in [6.45, 7) is 18.5. The Labute approximate surface area is 580 Å². The second kappa shape index (κ2) is 39.5. The number of alkyl halides is 2. The van der Waals surface area contributed by atoms with Gasteiger partial charge in [-0.3, -0.25) is 66.4 Å². The maximum absolute atomic E-state index is 16.6. The molecular weight excluding hydrogens is 1420 g/mol. The van der Waals surface area contributed by atoms with Crippen LogP contribution in [0.15, 0.2) is 87.4 Å². The first-order valence-electron chi connectivity index (χ1n) is 31.8. The maximum atomic E-state index is 16.6. The number of hydrogen-bond acceptors (Lipinski definition) is 28. The maximum Gasteiger partial charge on any atom is 0.330 e. The van der Waals surface area contributed by atoms with Crippen molar-refractivity contribution in [3.05, 3.63) is 167 Å². The number of aliphatic hydroxyl groups excluding tert-OH is 3. The van der Waals surface area contributed by atoms with Gasteiger partial charge in [0.1, 0.15) is 68.7 Å². The molecule has 0 aliphatic carbocycles. The van der Waals surface area contributed by atoms with E-state index in [9.17, 15) is 47.9 Å². The molecule has 8 heterocycles. The van der Waals surface area contributed by atoms with Gasteiger partial charge >= 0.3 is 36.2 Å². The van der Waals surface area contributed by atoms with Crippen molar-refractivity contribution < 1.29 is 91.5 Å². The zero-order valence-electron chi connectivity index (χ0n) is 58.3. The summed E-state index contributed by atoms with van der Waals surface area (Å²) in [6, 6.07) is 3.93. The average molecular weight is 1510 g/mol. The van der Waals surface area contributed by atoms with E-state index in [-0.39, 0.29) is 58.4 Å². The van der Waals surface area contributed by atoms with Crippen LogP contribution >= 0.6 is 22.0 Å². The fraction of sp³-hybridized carbons (Fsp3) is 0.655. The molecule has 0 spiro atoms. The Balaban J connectivity index is 0.000000354. The van der Waals surface area contributed by atoms with Gasteiger partial charge in [0.25, 0.3) is 30.8 Å². The van der Waals surface area contributed by atoms with E-state index in [0.29, 0.717) is 0 Å². The SMILES string of the molecule is [2H]C[C@H]1O[C@@H](n2ccc(=O)[nH]c2=O)[C@@H](OC)C1OP(=S)(OCC[N+]#[C-])OC[C@H]1O[C@@H](n2ccc(=O)[nH]c2=O)[C@@H](F)C1O.[2H]C[C@H]1O[C@@H](n2ccc(=O)[nH]c2=O)[C@@H](OC)C1OP(=S)(OCC[N+]#[C-])OC[C@H]1O[C@@H](n2ccc(=O)[nH]c2=O)[C@@H](F)C1OP(OCC[N+]#[C-])N(C(C)C)C(C)C.[3H]OC.[3H]OC. The summed E-state index contributed by atoms with van der Waals surface area (Å²) in [4.78, 5) is 114. The van der Waals surface area contributed by atoms with Gasteiger partial charge < -0.3 is 85.4 Å². The van der Waals surface area contributed by atoms with Gasteiger partial charge in [0.15, 0.2) is 37.3 Å². The molecule has 7 unspecified atom stereocenters. The highest BCUT2D eigenvalue weighted by Gasteiger charge is 2.54. The van der Waals surface area contributed by atoms with Gasteiger partial charge in [-0.05, 0) is 65.1 Å². The Kier molecular flexibility index (Phi) is 30.8. The molecule has 0 aromatic carbocycles. The van der Waals surface area contributed by atoms with Gasteiger partial charge in [0.2, 0.25) is 22.5 Å². The predicted octanol–water partition coefficient (Wildman–Crippen LogP) is 0.878. The van der Waals surface area contributed by atoms with Crippen molar-refractivity contribution in [2.45, 2.75) is 152 Å². The second-order valence-corrected chi connectivity index (χ2v) is 28.6. The summed E-state index contributed by atoms with van der Waals surface area (Å²) in [5, 5.41) is 17.5. The molecule has 0 radical (unpaired) electrons. The lowest BCUT2D eigenvalue weighted by atomic mass is 10.1. The quantitative estimate of drug-likeness (QED) is 0.0216. The monoisotopic (exact) mass is 1510 g/mol. The zero-order valence-corrected chi connectivity index (χ0v) is 58.6. The topological polar surface area (TPSA) is 426 Å². The Bertz CT molecular complexity index is 4080. The van der Waals surface area contributed by atoms with Gasteiger partial charge in [-0.15, -0.1) is 0 Å². The molecule has 0 bridgehead atoms. The number of nitrogens with zero attached hydrogens (tertiary/aromatic N) is 8. The summed E-state index contributed by atoms with van der Waals surface area (Å²) in [7, 11) is 3.16. The van der Waals surface area contributed by atoms with E-state index in [4.69, 9.17) is 114 Å². The van der Waals surface area contributed by atoms with Gasteiger partial charge in [-0.25, -0.2) is 52.3 Å². The molecule has 19 atom stereocenters. The third-order valence-electron chi connectivity index (χ3n) is 14.2. The first kappa shape index (κ1) is 77.2. The van der Waals surface area contributed by atoms with Crippen LogP contribution in [0.3, 0.4) is 0 Å². The molecule has 4 aliphatic rings. The number of hydrogen-bond donors (Lipinski definition) is 7. The number of nitrogens with one attached hydrogen (secondary N) is 4. The number of aromatic nitrogens is 8. The van der Waals surface area contributed by atoms with Crippen LogP contribution in [-0.2, 0) is 88.2 Å². The lowest BCUT2D eigenvalue weighted by Crippen LogP contribution is -2.40. The Morgan fingerprint density at radius 3 is 1.30 bits per heavy atom. The van der Waals surface area contributed by atoms with E-state index in [0.717, 1.165) is 54.9 Å².